The number of rotatable bonds is 5. The highest BCUT2D eigenvalue weighted by Crippen LogP contribution is 2.30. The SMILES string of the molecule is CCOCC(C)(O)c1ccc(Cl)c(OC)c1. The van der Waals surface area contributed by atoms with Gasteiger partial charge in [0, 0.05) is 6.61 Å². The Morgan fingerprint density at radius 3 is 2.69 bits per heavy atom. The third kappa shape index (κ3) is 3.11. The summed E-state index contributed by atoms with van der Waals surface area (Å²) in [5, 5.41) is 10.7. The van der Waals surface area contributed by atoms with E-state index in [0.29, 0.717) is 17.4 Å². The Balaban J connectivity index is 2.94. The van der Waals surface area contributed by atoms with Gasteiger partial charge in [0.15, 0.2) is 0 Å². The molecule has 1 aromatic carbocycles. The summed E-state index contributed by atoms with van der Waals surface area (Å²) >= 11 is 5.91. The number of ether oxygens (including phenoxy) is 2. The van der Waals surface area contributed by atoms with Gasteiger partial charge in [0.1, 0.15) is 11.4 Å². The summed E-state index contributed by atoms with van der Waals surface area (Å²) in [6.07, 6.45) is 0. The molecule has 0 saturated heterocycles. The molecule has 0 aliphatic heterocycles. The van der Waals surface area contributed by atoms with Crippen molar-refractivity contribution in [1.82, 2.24) is 0 Å². The molecule has 0 fully saturated rings. The van der Waals surface area contributed by atoms with E-state index in [-0.39, 0.29) is 6.61 Å². The van der Waals surface area contributed by atoms with Gasteiger partial charge in [-0.15, -0.1) is 0 Å². The fourth-order valence-corrected chi connectivity index (χ4v) is 1.57. The van der Waals surface area contributed by atoms with Crippen molar-refractivity contribution in [1.29, 1.82) is 0 Å². The van der Waals surface area contributed by atoms with Gasteiger partial charge >= 0.3 is 0 Å². The van der Waals surface area contributed by atoms with Crippen LogP contribution < -0.4 is 4.74 Å². The Morgan fingerprint density at radius 1 is 1.44 bits per heavy atom. The second kappa shape index (κ2) is 5.53. The molecule has 0 bridgehead atoms. The first kappa shape index (κ1) is 13.3. The standard InChI is InChI=1S/C12H17ClO3/c1-4-16-8-12(2,14)9-5-6-10(13)11(7-9)15-3/h5-7,14H,4,8H2,1-3H3. The number of hydrogen-bond donors (Lipinski definition) is 1. The van der Waals surface area contributed by atoms with Gasteiger partial charge in [0.05, 0.1) is 18.7 Å². The normalized spacial score (nSPS) is 14.6. The quantitative estimate of drug-likeness (QED) is 0.865. The van der Waals surface area contributed by atoms with Crippen LogP contribution in [0, 0.1) is 0 Å². The van der Waals surface area contributed by atoms with Crippen LogP contribution in [0.25, 0.3) is 0 Å². The van der Waals surface area contributed by atoms with Crippen molar-refractivity contribution in [2.75, 3.05) is 20.3 Å². The number of methoxy groups -OCH3 is 1. The summed E-state index contributed by atoms with van der Waals surface area (Å²) in [4.78, 5) is 0. The number of benzene rings is 1. The van der Waals surface area contributed by atoms with Crippen molar-refractivity contribution in [2.45, 2.75) is 19.4 Å². The summed E-state index contributed by atoms with van der Waals surface area (Å²) in [6, 6.07) is 5.20. The van der Waals surface area contributed by atoms with E-state index in [4.69, 9.17) is 21.1 Å². The Hall–Kier alpha value is -0.770. The molecule has 4 heteroatoms. The van der Waals surface area contributed by atoms with Gasteiger partial charge < -0.3 is 14.6 Å². The van der Waals surface area contributed by atoms with Crippen LogP contribution in [0.2, 0.25) is 5.02 Å². The number of aliphatic hydroxyl groups is 1. The van der Waals surface area contributed by atoms with Gasteiger partial charge in [-0.3, -0.25) is 0 Å². The third-order valence-electron chi connectivity index (χ3n) is 2.36. The molecule has 1 rings (SSSR count). The summed E-state index contributed by atoms with van der Waals surface area (Å²) in [5.74, 6) is 0.552. The van der Waals surface area contributed by atoms with Gasteiger partial charge in [0.25, 0.3) is 0 Å². The van der Waals surface area contributed by atoms with E-state index in [2.05, 4.69) is 0 Å². The fourth-order valence-electron chi connectivity index (χ4n) is 1.38. The highest BCUT2D eigenvalue weighted by molar-refractivity contribution is 6.32. The maximum atomic E-state index is 10.2. The van der Waals surface area contributed by atoms with Crippen molar-refractivity contribution in [2.24, 2.45) is 0 Å². The van der Waals surface area contributed by atoms with Gasteiger partial charge in [-0.05, 0) is 31.5 Å². The van der Waals surface area contributed by atoms with E-state index in [1.807, 2.05) is 6.92 Å². The Bertz CT molecular complexity index is 350. The summed E-state index contributed by atoms with van der Waals surface area (Å²) in [5.41, 5.74) is -0.310. The average molecular weight is 245 g/mol. The molecule has 0 saturated carbocycles. The lowest BCUT2D eigenvalue weighted by atomic mass is 9.97. The van der Waals surface area contributed by atoms with E-state index >= 15 is 0 Å². The lowest BCUT2D eigenvalue weighted by Gasteiger charge is -2.24. The Labute approximate surface area is 101 Å². The van der Waals surface area contributed by atoms with Gasteiger partial charge in [-0.25, -0.2) is 0 Å². The van der Waals surface area contributed by atoms with E-state index in [9.17, 15) is 5.11 Å². The average Bonchev–Trinajstić information content (AvgIpc) is 2.27. The van der Waals surface area contributed by atoms with E-state index in [1.165, 1.54) is 0 Å². The minimum absolute atomic E-state index is 0.244. The molecule has 0 aliphatic carbocycles. The Morgan fingerprint density at radius 2 is 2.12 bits per heavy atom. The minimum Gasteiger partial charge on any atom is -0.495 e. The molecule has 0 aliphatic rings. The molecule has 3 nitrogen and oxygen atoms in total. The third-order valence-corrected chi connectivity index (χ3v) is 2.67. The maximum Gasteiger partial charge on any atom is 0.137 e. The molecule has 1 atom stereocenters. The first-order chi connectivity index (χ1) is 7.51. The molecule has 16 heavy (non-hydrogen) atoms. The molecule has 1 aromatic rings. The molecular weight excluding hydrogens is 228 g/mol. The lowest BCUT2D eigenvalue weighted by molar-refractivity contribution is -0.0344. The van der Waals surface area contributed by atoms with Crippen molar-refractivity contribution in [3.05, 3.63) is 28.8 Å². The smallest absolute Gasteiger partial charge is 0.137 e. The van der Waals surface area contributed by atoms with Crippen LogP contribution in [0.5, 0.6) is 5.75 Å². The summed E-state index contributed by atoms with van der Waals surface area (Å²) < 4.78 is 10.3. The van der Waals surface area contributed by atoms with Crippen LogP contribution in [-0.2, 0) is 10.3 Å². The van der Waals surface area contributed by atoms with Crippen LogP contribution in [0.15, 0.2) is 18.2 Å². The lowest BCUT2D eigenvalue weighted by Crippen LogP contribution is -2.27. The second-order valence-corrected chi connectivity index (χ2v) is 4.17. The maximum absolute atomic E-state index is 10.2. The zero-order valence-corrected chi connectivity index (χ0v) is 10.5. The van der Waals surface area contributed by atoms with Gasteiger partial charge in [-0.2, -0.15) is 0 Å². The highest BCUT2D eigenvalue weighted by Gasteiger charge is 2.24. The molecule has 1 N–H and O–H groups in total. The van der Waals surface area contributed by atoms with Crippen LogP contribution in [-0.4, -0.2) is 25.4 Å². The molecule has 0 amide bonds. The fraction of sp³-hybridized carbons (Fsp3) is 0.500. The van der Waals surface area contributed by atoms with Crippen molar-refractivity contribution < 1.29 is 14.6 Å². The van der Waals surface area contributed by atoms with Crippen LogP contribution in [0.4, 0.5) is 0 Å². The zero-order chi connectivity index (χ0) is 12.2. The van der Waals surface area contributed by atoms with E-state index in [0.717, 1.165) is 5.56 Å². The highest BCUT2D eigenvalue weighted by atomic mass is 35.5. The molecule has 0 spiro atoms. The first-order valence-electron chi connectivity index (χ1n) is 5.15. The number of halogens is 1. The molecule has 0 heterocycles. The number of hydrogen-bond acceptors (Lipinski definition) is 3. The monoisotopic (exact) mass is 244 g/mol. The van der Waals surface area contributed by atoms with Crippen LogP contribution in [0.1, 0.15) is 19.4 Å². The predicted molar refractivity (Wildman–Crippen MR) is 64.1 cm³/mol. The van der Waals surface area contributed by atoms with Gasteiger partial charge in [0.2, 0.25) is 0 Å². The van der Waals surface area contributed by atoms with Gasteiger partial charge in [-0.1, -0.05) is 17.7 Å². The predicted octanol–water partition coefficient (Wildman–Crippen LogP) is 2.59. The van der Waals surface area contributed by atoms with Crippen molar-refractivity contribution in [3.63, 3.8) is 0 Å². The first-order valence-corrected chi connectivity index (χ1v) is 5.53. The second-order valence-electron chi connectivity index (χ2n) is 3.76. The molecule has 1 unspecified atom stereocenters. The molecular formula is C12H17ClO3. The van der Waals surface area contributed by atoms with E-state index < -0.39 is 5.60 Å². The van der Waals surface area contributed by atoms with E-state index in [1.54, 1.807) is 32.2 Å². The molecule has 90 valence electrons. The summed E-state index contributed by atoms with van der Waals surface area (Å²) in [6.45, 7) is 4.40. The topological polar surface area (TPSA) is 38.7 Å². The largest absolute Gasteiger partial charge is 0.495 e. The van der Waals surface area contributed by atoms with Crippen molar-refractivity contribution in [3.8, 4) is 5.75 Å². The summed E-state index contributed by atoms with van der Waals surface area (Å²) in [7, 11) is 1.54. The van der Waals surface area contributed by atoms with Crippen molar-refractivity contribution >= 4 is 11.6 Å². The zero-order valence-electron chi connectivity index (χ0n) is 9.79. The Kier molecular flexibility index (Phi) is 4.59. The molecule has 0 aromatic heterocycles. The van der Waals surface area contributed by atoms with Crippen LogP contribution in [0.3, 0.4) is 0 Å². The van der Waals surface area contributed by atoms with Crippen LogP contribution >= 0.6 is 11.6 Å². The molecule has 0 radical (unpaired) electrons. The minimum atomic E-state index is -1.03.